The van der Waals surface area contributed by atoms with E-state index in [9.17, 15) is 0 Å². The molecule has 0 bridgehead atoms. The smallest absolute Gasteiger partial charge is 0.0257 e. The standard InChI is InChI=1S/C6H11Cl/c1-2-3-4-5-6-7/h3-4H,2,5-6H2,1H3/b4-3+. The van der Waals surface area contributed by atoms with Gasteiger partial charge in [0, 0.05) is 5.88 Å². The number of alkyl halides is 1. The molecule has 1 heteroatoms. The zero-order valence-corrected chi connectivity index (χ0v) is 5.41. The number of rotatable bonds is 3. The lowest BCUT2D eigenvalue weighted by Crippen LogP contribution is -1.64. The van der Waals surface area contributed by atoms with Gasteiger partial charge in [-0.2, -0.15) is 0 Å². The van der Waals surface area contributed by atoms with Crippen molar-refractivity contribution in [2.24, 2.45) is 0 Å². The highest BCUT2D eigenvalue weighted by Gasteiger charge is 1.69. The van der Waals surface area contributed by atoms with Crippen molar-refractivity contribution in [3.63, 3.8) is 0 Å². The van der Waals surface area contributed by atoms with Gasteiger partial charge in [0.15, 0.2) is 0 Å². The number of hydrogen-bond donors (Lipinski definition) is 0. The molecule has 0 atom stereocenters. The van der Waals surface area contributed by atoms with E-state index in [1.807, 2.05) is 0 Å². The van der Waals surface area contributed by atoms with E-state index in [1.54, 1.807) is 0 Å². The minimum Gasteiger partial charge on any atom is -0.126 e. The van der Waals surface area contributed by atoms with Gasteiger partial charge in [-0.1, -0.05) is 19.1 Å². The summed E-state index contributed by atoms with van der Waals surface area (Å²) in [5.74, 6) is 0.747. The minimum atomic E-state index is 0.747. The first-order valence-corrected chi connectivity index (χ1v) is 3.16. The van der Waals surface area contributed by atoms with Crippen LogP contribution < -0.4 is 0 Å². The average molecular weight is 119 g/mol. The molecule has 0 N–H and O–H groups in total. The Bertz CT molecular complexity index is 48.1. The summed E-state index contributed by atoms with van der Waals surface area (Å²) in [5, 5.41) is 0. The van der Waals surface area contributed by atoms with Crippen LogP contribution in [0, 0.1) is 0 Å². The van der Waals surface area contributed by atoms with Crippen LogP contribution in [0.15, 0.2) is 12.2 Å². The summed E-state index contributed by atoms with van der Waals surface area (Å²) < 4.78 is 0. The van der Waals surface area contributed by atoms with E-state index < -0.39 is 0 Å². The van der Waals surface area contributed by atoms with Gasteiger partial charge in [-0.05, 0) is 12.8 Å². The maximum atomic E-state index is 5.39. The van der Waals surface area contributed by atoms with E-state index in [-0.39, 0.29) is 0 Å². The SMILES string of the molecule is CC/C=C/CCCl. The molecule has 0 aliphatic heterocycles. The van der Waals surface area contributed by atoms with Gasteiger partial charge in [0.1, 0.15) is 0 Å². The van der Waals surface area contributed by atoms with Crippen LogP contribution in [-0.2, 0) is 0 Å². The third-order valence-corrected chi connectivity index (χ3v) is 0.896. The molecule has 0 aromatic heterocycles. The molecule has 0 aromatic rings. The number of allylic oxidation sites excluding steroid dienone is 2. The van der Waals surface area contributed by atoms with Crippen LogP contribution in [0.2, 0.25) is 0 Å². The van der Waals surface area contributed by atoms with Crippen molar-refractivity contribution in [1.29, 1.82) is 0 Å². The highest BCUT2D eigenvalue weighted by atomic mass is 35.5. The van der Waals surface area contributed by atoms with Crippen molar-refractivity contribution < 1.29 is 0 Å². The topological polar surface area (TPSA) is 0 Å². The average Bonchev–Trinajstić information content (AvgIpc) is 1.69. The van der Waals surface area contributed by atoms with Gasteiger partial charge >= 0.3 is 0 Å². The van der Waals surface area contributed by atoms with Gasteiger partial charge in [0.25, 0.3) is 0 Å². The Kier molecular flexibility index (Phi) is 6.06. The van der Waals surface area contributed by atoms with Crippen LogP contribution in [0.3, 0.4) is 0 Å². The number of halogens is 1. The van der Waals surface area contributed by atoms with Gasteiger partial charge in [0.2, 0.25) is 0 Å². The van der Waals surface area contributed by atoms with Crippen LogP contribution in [0.1, 0.15) is 19.8 Å². The van der Waals surface area contributed by atoms with Crippen LogP contribution in [0.5, 0.6) is 0 Å². The Hall–Kier alpha value is 0.0300. The van der Waals surface area contributed by atoms with Crippen molar-refractivity contribution in [1.82, 2.24) is 0 Å². The second kappa shape index (κ2) is 6.03. The summed E-state index contributed by atoms with van der Waals surface area (Å²) in [6, 6.07) is 0. The fraction of sp³-hybridized carbons (Fsp3) is 0.667. The van der Waals surface area contributed by atoms with E-state index in [0.717, 1.165) is 18.7 Å². The van der Waals surface area contributed by atoms with Gasteiger partial charge in [-0.25, -0.2) is 0 Å². The molecule has 0 amide bonds. The number of hydrogen-bond acceptors (Lipinski definition) is 0. The Labute approximate surface area is 50.2 Å². The van der Waals surface area contributed by atoms with Crippen molar-refractivity contribution in [2.75, 3.05) is 5.88 Å². The van der Waals surface area contributed by atoms with Gasteiger partial charge < -0.3 is 0 Å². The van der Waals surface area contributed by atoms with Crippen LogP contribution in [-0.4, -0.2) is 5.88 Å². The monoisotopic (exact) mass is 118 g/mol. The maximum absolute atomic E-state index is 5.39. The molecule has 0 radical (unpaired) electrons. The van der Waals surface area contributed by atoms with Crippen molar-refractivity contribution >= 4 is 11.6 Å². The molecule has 0 fully saturated rings. The molecular formula is C6H11Cl. The molecule has 0 aliphatic rings. The van der Waals surface area contributed by atoms with Crippen molar-refractivity contribution in [2.45, 2.75) is 19.8 Å². The highest BCUT2D eigenvalue weighted by Crippen LogP contribution is 1.87. The lowest BCUT2D eigenvalue weighted by molar-refractivity contribution is 1.16. The molecule has 0 heterocycles. The third-order valence-electron chi connectivity index (χ3n) is 0.678. The van der Waals surface area contributed by atoms with Gasteiger partial charge in [-0.15, -0.1) is 11.6 Å². The molecular weight excluding hydrogens is 108 g/mol. The second-order valence-corrected chi connectivity index (χ2v) is 1.74. The molecule has 0 aliphatic carbocycles. The zero-order chi connectivity index (χ0) is 5.54. The predicted molar refractivity (Wildman–Crippen MR) is 34.8 cm³/mol. The fourth-order valence-electron chi connectivity index (χ4n) is 0.348. The highest BCUT2D eigenvalue weighted by molar-refractivity contribution is 6.17. The van der Waals surface area contributed by atoms with E-state index in [1.165, 1.54) is 0 Å². The molecule has 0 unspecified atom stereocenters. The van der Waals surface area contributed by atoms with E-state index in [4.69, 9.17) is 11.6 Å². The molecule has 42 valence electrons. The van der Waals surface area contributed by atoms with Gasteiger partial charge in [0.05, 0.1) is 0 Å². The largest absolute Gasteiger partial charge is 0.126 e. The van der Waals surface area contributed by atoms with Crippen LogP contribution in [0.25, 0.3) is 0 Å². The maximum Gasteiger partial charge on any atom is 0.0257 e. The first-order valence-electron chi connectivity index (χ1n) is 2.62. The molecule has 0 aromatic carbocycles. The summed E-state index contributed by atoms with van der Waals surface area (Å²) in [7, 11) is 0. The lowest BCUT2D eigenvalue weighted by atomic mass is 10.4. The quantitative estimate of drug-likeness (QED) is 0.395. The molecule has 0 saturated heterocycles. The summed E-state index contributed by atoms with van der Waals surface area (Å²) in [4.78, 5) is 0. The normalized spacial score (nSPS) is 10.6. The van der Waals surface area contributed by atoms with Crippen LogP contribution >= 0.6 is 11.6 Å². The summed E-state index contributed by atoms with van der Waals surface area (Å²) in [6.07, 6.45) is 6.36. The third kappa shape index (κ3) is 6.03. The Morgan fingerprint density at radius 2 is 2.14 bits per heavy atom. The molecule has 0 rings (SSSR count). The zero-order valence-electron chi connectivity index (χ0n) is 4.65. The fourth-order valence-corrected chi connectivity index (χ4v) is 0.474. The van der Waals surface area contributed by atoms with Gasteiger partial charge in [-0.3, -0.25) is 0 Å². The molecule has 0 saturated carbocycles. The minimum absolute atomic E-state index is 0.747. The van der Waals surface area contributed by atoms with E-state index in [2.05, 4.69) is 19.1 Å². The second-order valence-electron chi connectivity index (χ2n) is 1.36. The Balaban J connectivity index is 2.78. The summed E-state index contributed by atoms with van der Waals surface area (Å²) in [6.45, 7) is 2.12. The lowest BCUT2D eigenvalue weighted by Gasteiger charge is -1.78. The molecule has 0 nitrogen and oxygen atoms in total. The first kappa shape index (κ1) is 7.03. The molecule has 0 spiro atoms. The Morgan fingerprint density at radius 1 is 1.43 bits per heavy atom. The molecule has 7 heavy (non-hydrogen) atoms. The predicted octanol–water partition coefficient (Wildman–Crippen LogP) is 2.58. The Morgan fingerprint density at radius 3 is 2.57 bits per heavy atom. The first-order chi connectivity index (χ1) is 3.41. The van der Waals surface area contributed by atoms with E-state index in [0.29, 0.717) is 0 Å². The van der Waals surface area contributed by atoms with Crippen molar-refractivity contribution in [3.05, 3.63) is 12.2 Å². The summed E-state index contributed by atoms with van der Waals surface area (Å²) >= 11 is 5.39. The van der Waals surface area contributed by atoms with E-state index >= 15 is 0 Å². The van der Waals surface area contributed by atoms with Crippen LogP contribution in [0.4, 0.5) is 0 Å². The van der Waals surface area contributed by atoms with Crippen molar-refractivity contribution in [3.8, 4) is 0 Å². The summed E-state index contributed by atoms with van der Waals surface area (Å²) in [5.41, 5.74) is 0.